The van der Waals surface area contributed by atoms with Crippen LogP contribution in [-0.4, -0.2) is 58.5 Å². The highest BCUT2D eigenvalue weighted by atomic mass is 16.2. The number of carbonyl (C=O) groups is 3. The van der Waals surface area contributed by atoms with Crippen LogP contribution in [0, 0.1) is 0 Å². The van der Waals surface area contributed by atoms with Crippen molar-refractivity contribution < 1.29 is 14.4 Å². The molecule has 0 spiro atoms. The minimum absolute atomic E-state index is 0.222. The number of anilines is 2. The van der Waals surface area contributed by atoms with Crippen LogP contribution in [-0.2, 0) is 11.3 Å². The smallest absolute Gasteiger partial charge is 0.319 e. The molecule has 0 bridgehead atoms. The second kappa shape index (κ2) is 12.5. The minimum Gasteiger partial charge on any atom is -0.330 e. The lowest BCUT2D eigenvalue weighted by Crippen LogP contribution is -2.43. The van der Waals surface area contributed by atoms with Gasteiger partial charge in [-0.1, -0.05) is 67.2 Å². The van der Waals surface area contributed by atoms with Crippen LogP contribution in [0.3, 0.4) is 0 Å². The summed E-state index contributed by atoms with van der Waals surface area (Å²) < 4.78 is 0. The Morgan fingerprint density at radius 3 is 2.31 bits per heavy atom. The zero-order chi connectivity index (χ0) is 29.6. The monoisotopic (exact) mass is 563 g/mol. The molecule has 0 saturated heterocycles. The third-order valence-corrected chi connectivity index (χ3v) is 7.07. The van der Waals surface area contributed by atoms with Gasteiger partial charge < -0.3 is 25.8 Å². The van der Waals surface area contributed by atoms with Crippen molar-refractivity contribution in [2.75, 3.05) is 31.3 Å². The standard InChI is InChI=1S/C32H33N7O3/c1-4-27(40)33-24-17-15-23(16-18-24)31(41)35-30-25-19-39(29(28(25)36-37-30)22-13-9-6-10-14-22)32(42)34-26(20-38(2)3)21-11-7-5-8-12-21/h4-18,26,29H,1,19-20H2,2-3H3,(H,33,40)(H,34,42)(H2,35,36,37,41)/t26-,29?/m1/s1. The van der Waals surface area contributed by atoms with E-state index < -0.39 is 6.04 Å². The van der Waals surface area contributed by atoms with Crippen LogP contribution in [0.25, 0.3) is 0 Å². The highest BCUT2D eigenvalue weighted by Crippen LogP contribution is 2.40. The van der Waals surface area contributed by atoms with Gasteiger partial charge in [0.1, 0.15) is 6.04 Å². The number of amides is 4. The molecule has 4 aromatic rings. The molecule has 2 heterocycles. The van der Waals surface area contributed by atoms with Crippen LogP contribution in [0.15, 0.2) is 97.6 Å². The van der Waals surface area contributed by atoms with Crippen LogP contribution in [0.1, 0.15) is 44.8 Å². The SMILES string of the molecule is C=CC(=O)Nc1ccc(C(=O)Nc2n[nH]c3c2CN(C(=O)N[C@H](CN(C)C)c2ccccc2)C3c2ccccc2)cc1. The second-order valence-corrected chi connectivity index (χ2v) is 10.3. The van der Waals surface area contributed by atoms with Gasteiger partial charge in [-0.2, -0.15) is 5.10 Å². The number of likely N-dealkylation sites (N-methyl/N-ethyl adjacent to an activating group) is 1. The summed E-state index contributed by atoms with van der Waals surface area (Å²) in [7, 11) is 3.95. The van der Waals surface area contributed by atoms with E-state index in [1.54, 1.807) is 29.2 Å². The fourth-order valence-corrected chi connectivity index (χ4v) is 5.05. The molecule has 1 aliphatic heterocycles. The normalized spacial score (nSPS) is 14.6. The van der Waals surface area contributed by atoms with Gasteiger partial charge in [-0.05, 0) is 55.6 Å². The number of urea groups is 1. The molecule has 0 radical (unpaired) electrons. The van der Waals surface area contributed by atoms with Crippen molar-refractivity contribution in [2.24, 2.45) is 0 Å². The Hall–Kier alpha value is -5.22. The lowest BCUT2D eigenvalue weighted by molar-refractivity contribution is -0.111. The van der Waals surface area contributed by atoms with Gasteiger partial charge in [-0.25, -0.2) is 4.79 Å². The van der Waals surface area contributed by atoms with E-state index in [-0.39, 0.29) is 30.4 Å². The van der Waals surface area contributed by atoms with Crippen molar-refractivity contribution in [3.05, 3.63) is 126 Å². The van der Waals surface area contributed by atoms with Crippen LogP contribution in [0.5, 0.6) is 0 Å². The van der Waals surface area contributed by atoms with Crippen LogP contribution < -0.4 is 16.0 Å². The lowest BCUT2D eigenvalue weighted by atomic mass is 10.0. The third kappa shape index (κ3) is 6.24. The zero-order valence-corrected chi connectivity index (χ0v) is 23.5. The van der Waals surface area contributed by atoms with E-state index in [2.05, 4.69) is 32.7 Å². The maximum absolute atomic E-state index is 13.9. The van der Waals surface area contributed by atoms with Crippen LogP contribution in [0.4, 0.5) is 16.3 Å². The van der Waals surface area contributed by atoms with Gasteiger partial charge in [-0.15, -0.1) is 0 Å². The molecule has 1 aromatic heterocycles. The predicted octanol–water partition coefficient (Wildman–Crippen LogP) is 4.70. The first-order chi connectivity index (χ1) is 20.3. The fourth-order valence-electron chi connectivity index (χ4n) is 5.05. The van der Waals surface area contributed by atoms with E-state index in [0.717, 1.165) is 22.4 Å². The van der Waals surface area contributed by atoms with Crippen molar-refractivity contribution in [2.45, 2.75) is 18.6 Å². The number of hydrogen-bond donors (Lipinski definition) is 4. The van der Waals surface area contributed by atoms with E-state index in [0.29, 0.717) is 23.6 Å². The Labute approximate surface area is 244 Å². The summed E-state index contributed by atoms with van der Waals surface area (Å²) in [4.78, 5) is 42.3. The molecular weight excluding hydrogens is 530 g/mol. The molecule has 1 aliphatic rings. The highest BCUT2D eigenvalue weighted by Gasteiger charge is 2.39. The molecule has 1 unspecified atom stereocenters. The molecule has 3 aromatic carbocycles. The molecular formula is C32H33N7O3. The molecule has 4 N–H and O–H groups in total. The van der Waals surface area contributed by atoms with Gasteiger partial charge >= 0.3 is 6.03 Å². The first-order valence-electron chi connectivity index (χ1n) is 13.6. The number of nitrogens with zero attached hydrogens (tertiary/aromatic N) is 3. The van der Waals surface area contributed by atoms with Crippen LogP contribution >= 0.6 is 0 Å². The number of fused-ring (bicyclic) bond motifs is 1. The number of aromatic nitrogens is 2. The van der Waals surface area contributed by atoms with Crippen molar-refractivity contribution >= 4 is 29.4 Å². The van der Waals surface area contributed by atoms with E-state index >= 15 is 0 Å². The minimum atomic E-state index is -0.414. The van der Waals surface area contributed by atoms with Gasteiger partial charge in [0.2, 0.25) is 5.91 Å². The number of hydrogen-bond acceptors (Lipinski definition) is 5. The van der Waals surface area contributed by atoms with E-state index in [1.165, 1.54) is 6.08 Å². The van der Waals surface area contributed by atoms with E-state index in [9.17, 15) is 14.4 Å². The van der Waals surface area contributed by atoms with Gasteiger partial charge in [0.05, 0.1) is 18.3 Å². The molecule has 2 atom stereocenters. The summed E-state index contributed by atoms with van der Waals surface area (Å²) >= 11 is 0. The van der Waals surface area contributed by atoms with Gasteiger partial charge in [0, 0.05) is 23.4 Å². The fraction of sp³-hybridized carbons (Fsp3) is 0.188. The topological polar surface area (TPSA) is 122 Å². The summed E-state index contributed by atoms with van der Waals surface area (Å²) in [6.45, 7) is 4.32. The lowest BCUT2D eigenvalue weighted by Gasteiger charge is -2.29. The molecule has 10 heteroatoms. The van der Waals surface area contributed by atoms with Crippen LogP contribution in [0.2, 0.25) is 0 Å². The Balaban J connectivity index is 1.38. The second-order valence-electron chi connectivity index (χ2n) is 10.3. The summed E-state index contributed by atoms with van der Waals surface area (Å²) in [5, 5.41) is 16.2. The largest absolute Gasteiger partial charge is 0.330 e. The number of H-pyrrole nitrogens is 1. The molecule has 10 nitrogen and oxygen atoms in total. The Bertz CT molecular complexity index is 1570. The van der Waals surface area contributed by atoms with Gasteiger partial charge in [0.25, 0.3) is 5.91 Å². The molecule has 4 amide bonds. The molecule has 0 aliphatic carbocycles. The van der Waals surface area contributed by atoms with Crippen molar-refractivity contribution in [1.29, 1.82) is 0 Å². The number of aromatic amines is 1. The average Bonchev–Trinajstić information content (AvgIpc) is 3.57. The summed E-state index contributed by atoms with van der Waals surface area (Å²) in [6.07, 6.45) is 1.18. The number of carbonyl (C=O) groups excluding carboxylic acids is 3. The summed E-state index contributed by atoms with van der Waals surface area (Å²) in [5.74, 6) is -0.332. The van der Waals surface area contributed by atoms with Crippen molar-refractivity contribution in [3.8, 4) is 0 Å². The maximum atomic E-state index is 13.9. The van der Waals surface area contributed by atoms with E-state index in [4.69, 9.17) is 0 Å². The average molecular weight is 564 g/mol. The van der Waals surface area contributed by atoms with Crippen molar-refractivity contribution in [1.82, 2.24) is 25.3 Å². The van der Waals surface area contributed by atoms with Gasteiger partial charge in [0.15, 0.2) is 5.82 Å². The summed E-state index contributed by atoms with van der Waals surface area (Å²) in [5.41, 5.74) is 4.37. The summed E-state index contributed by atoms with van der Waals surface area (Å²) in [6, 6.07) is 25.3. The predicted molar refractivity (Wildman–Crippen MR) is 162 cm³/mol. The molecule has 0 fully saturated rings. The third-order valence-electron chi connectivity index (χ3n) is 7.07. The Kier molecular flexibility index (Phi) is 8.44. The Morgan fingerprint density at radius 1 is 1.00 bits per heavy atom. The van der Waals surface area contributed by atoms with Gasteiger partial charge in [-0.3, -0.25) is 14.7 Å². The molecule has 5 rings (SSSR count). The first kappa shape index (κ1) is 28.3. The number of rotatable bonds is 9. The van der Waals surface area contributed by atoms with E-state index in [1.807, 2.05) is 79.7 Å². The highest BCUT2D eigenvalue weighted by molar-refractivity contribution is 6.05. The zero-order valence-electron chi connectivity index (χ0n) is 23.5. The first-order valence-corrected chi connectivity index (χ1v) is 13.6. The molecule has 214 valence electrons. The van der Waals surface area contributed by atoms with Crippen molar-refractivity contribution in [3.63, 3.8) is 0 Å². The molecule has 42 heavy (non-hydrogen) atoms. The number of benzene rings is 3. The quantitative estimate of drug-likeness (QED) is 0.220. The maximum Gasteiger partial charge on any atom is 0.319 e. The number of nitrogens with one attached hydrogen (secondary N) is 4. The Morgan fingerprint density at radius 2 is 1.67 bits per heavy atom. The molecule has 0 saturated carbocycles.